The van der Waals surface area contributed by atoms with Gasteiger partial charge in [0.25, 0.3) is 0 Å². The largest absolute Gasteiger partial charge is 0.393 e. The summed E-state index contributed by atoms with van der Waals surface area (Å²) in [6.07, 6.45) is 0. The average Bonchev–Trinajstić information content (AvgIpc) is 2.30. The van der Waals surface area contributed by atoms with Crippen LogP contribution in [0.3, 0.4) is 0 Å². The smallest absolute Gasteiger partial charge is 0.334 e. The van der Waals surface area contributed by atoms with Gasteiger partial charge in [0.2, 0.25) is 5.82 Å². The highest BCUT2D eigenvalue weighted by molar-refractivity contribution is 6.30. The molecule has 98 valence electrons. The zero-order valence-corrected chi connectivity index (χ0v) is 10.8. The molecule has 0 bridgehead atoms. The van der Waals surface area contributed by atoms with Crippen molar-refractivity contribution in [3.8, 4) is 0 Å². The number of hydrogen-bond acceptors (Lipinski definition) is 5. The first kappa shape index (κ1) is 13.1. The molecule has 7 heteroatoms. The van der Waals surface area contributed by atoms with Crippen LogP contribution >= 0.6 is 11.6 Å². The first-order chi connectivity index (χ1) is 8.97. The lowest BCUT2D eigenvalue weighted by molar-refractivity contribution is -0.383. The summed E-state index contributed by atoms with van der Waals surface area (Å²) in [6, 6.07) is 8.58. The minimum atomic E-state index is -0.588. The topological polar surface area (TPSA) is 94.1 Å². The van der Waals surface area contributed by atoms with E-state index in [0.717, 1.165) is 5.56 Å². The molecule has 6 nitrogen and oxygen atoms in total. The average molecular weight is 279 g/mol. The summed E-state index contributed by atoms with van der Waals surface area (Å²) in [5, 5.41) is 13.9. The van der Waals surface area contributed by atoms with Gasteiger partial charge in [-0.3, -0.25) is 10.1 Å². The van der Waals surface area contributed by atoms with E-state index < -0.39 is 4.92 Å². The van der Waals surface area contributed by atoms with Crippen LogP contribution in [-0.4, -0.2) is 9.91 Å². The van der Waals surface area contributed by atoms with Gasteiger partial charge in [-0.25, -0.2) is 4.98 Å². The number of nitrogen functional groups attached to an aromatic ring is 1. The van der Waals surface area contributed by atoms with Gasteiger partial charge in [-0.1, -0.05) is 29.3 Å². The van der Waals surface area contributed by atoms with E-state index in [1.165, 1.54) is 6.07 Å². The van der Waals surface area contributed by atoms with E-state index in [1.54, 1.807) is 12.1 Å². The molecule has 0 spiro atoms. The fourth-order valence-corrected chi connectivity index (χ4v) is 1.78. The Hall–Kier alpha value is -2.34. The maximum absolute atomic E-state index is 11.0. The SMILES string of the molecule is Cc1ccc(Nc2nc(Cl)cc(N)c2[N+](=O)[O-])cc1. The van der Waals surface area contributed by atoms with Crippen molar-refractivity contribution in [1.82, 2.24) is 4.98 Å². The van der Waals surface area contributed by atoms with E-state index in [-0.39, 0.29) is 22.3 Å². The van der Waals surface area contributed by atoms with Crippen LogP contribution in [0.25, 0.3) is 0 Å². The molecule has 0 saturated heterocycles. The molecule has 0 amide bonds. The summed E-state index contributed by atoms with van der Waals surface area (Å²) in [6.45, 7) is 1.95. The lowest BCUT2D eigenvalue weighted by Gasteiger charge is -2.08. The number of hydrogen-bond donors (Lipinski definition) is 2. The van der Waals surface area contributed by atoms with E-state index >= 15 is 0 Å². The standard InChI is InChI=1S/C12H11ClN4O2/c1-7-2-4-8(5-3-7)15-12-11(17(18)19)9(14)6-10(13)16-12/h2-6H,1H3,(H3,14,15,16). The van der Waals surface area contributed by atoms with Crippen LogP contribution < -0.4 is 11.1 Å². The first-order valence-corrected chi connectivity index (χ1v) is 5.79. The van der Waals surface area contributed by atoms with Crippen LogP contribution in [-0.2, 0) is 0 Å². The fourth-order valence-electron chi connectivity index (χ4n) is 1.58. The minimum Gasteiger partial charge on any atom is -0.393 e. The Morgan fingerprint density at radius 2 is 2.00 bits per heavy atom. The van der Waals surface area contributed by atoms with Crippen molar-refractivity contribution in [2.75, 3.05) is 11.1 Å². The highest BCUT2D eigenvalue weighted by Crippen LogP contribution is 2.33. The Bertz CT molecular complexity index is 628. The van der Waals surface area contributed by atoms with Gasteiger partial charge in [0, 0.05) is 11.8 Å². The van der Waals surface area contributed by atoms with Crippen molar-refractivity contribution in [1.29, 1.82) is 0 Å². The Morgan fingerprint density at radius 1 is 1.37 bits per heavy atom. The van der Waals surface area contributed by atoms with Crippen molar-refractivity contribution in [2.45, 2.75) is 6.92 Å². The van der Waals surface area contributed by atoms with Crippen LogP contribution in [0.15, 0.2) is 30.3 Å². The monoisotopic (exact) mass is 278 g/mol. The Kier molecular flexibility index (Phi) is 3.52. The molecule has 0 aliphatic carbocycles. The molecule has 1 heterocycles. The van der Waals surface area contributed by atoms with Gasteiger partial charge in [0.15, 0.2) is 0 Å². The maximum Gasteiger partial charge on any atom is 0.334 e. The molecule has 0 saturated carbocycles. The highest BCUT2D eigenvalue weighted by Gasteiger charge is 2.21. The predicted octanol–water partition coefficient (Wildman–Crippen LogP) is 3.28. The van der Waals surface area contributed by atoms with Gasteiger partial charge in [0.05, 0.1) is 4.92 Å². The molecule has 0 unspecified atom stereocenters. The molecule has 0 aliphatic heterocycles. The zero-order chi connectivity index (χ0) is 14.0. The minimum absolute atomic E-state index is 0.0267. The van der Waals surface area contributed by atoms with E-state index in [0.29, 0.717) is 5.69 Å². The predicted molar refractivity (Wildman–Crippen MR) is 74.8 cm³/mol. The van der Waals surface area contributed by atoms with Crippen molar-refractivity contribution < 1.29 is 4.92 Å². The molecule has 0 atom stereocenters. The summed E-state index contributed by atoms with van der Waals surface area (Å²) >= 11 is 5.76. The number of aromatic nitrogens is 1. The van der Waals surface area contributed by atoms with Crippen LogP contribution in [0.5, 0.6) is 0 Å². The number of nitrogens with two attached hydrogens (primary N) is 1. The van der Waals surface area contributed by atoms with E-state index in [9.17, 15) is 10.1 Å². The van der Waals surface area contributed by atoms with Crippen LogP contribution in [0.1, 0.15) is 5.56 Å². The summed E-state index contributed by atoms with van der Waals surface area (Å²) in [5.41, 5.74) is 7.03. The third-order valence-corrected chi connectivity index (χ3v) is 2.68. The van der Waals surface area contributed by atoms with Gasteiger partial charge in [-0.15, -0.1) is 0 Å². The first-order valence-electron chi connectivity index (χ1n) is 5.41. The molecule has 0 aliphatic rings. The normalized spacial score (nSPS) is 10.2. The second kappa shape index (κ2) is 5.11. The Labute approximate surface area is 114 Å². The molecule has 1 aromatic carbocycles. The van der Waals surface area contributed by atoms with Crippen molar-refractivity contribution in [3.63, 3.8) is 0 Å². The quantitative estimate of drug-likeness (QED) is 0.510. The summed E-state index contributed by atoms with van der Waals surface area (Å²) < 4.78 is 0. The third kappa shape index (κ3) is 2.92. The molecule has 0 fully saturated rings. The number of benzene rings is 1. The number of aryl methyl sites for hydroxylation is 1. The molecular formula is C12H11ClN4O2. The molecule has 0 radical (unpaired) electrons. The Balaban J connectivity index is 2.44. The molecular weight excluding hydrogens is 268 g/mol. The maximum atomic E-state index is 11.0. The van der Waals surface area contributed by atoms with Crippen molar-refractivity contribution in [3.05, 3.63) is 51.2 Å². The van der Waals surface area contributed by atoms with Gasteiger partial charge in [-0.2, -0.15) is 0 Å². The highest BCUT2D eigenvalue weighted by atomic mass is 35.5. The fraction of sp³-hybridized carbons (Fsp3) is 0.0833. The summed E-state index contributed by atoms with van der Waals surface area (Å²) in [4.78, 5) is 14.3. The van der Waals surface area contributed by atoms with Gasteiger partial charge >= 0.3 is 5.69 Å². The van der Waals surface area contributed by atoms with E-state index in [1.807, 2.05) is 19.1 Å². The number of nitrogens with zero attached hydrogens (tertiary/aromatic N) is 2. The van der Waals surface area contributed by atoms with Gasteiger partial charge in [-0.05, 0) is 19.1 Å². The van der Waals surface area contributed by atoms with Gasteiger partial charge < -0.3 is 11.1 Å². The molecule has 3 N–H and O–H groups in total. The number of halogens is 1. The van der Waals surface area contributed by atoms with Crippen LogP contribution in [0.2, 0.25) is 5.15 Å². The van der Waals surface area contributed by atoms with E-state index in [2.05, 4.69) is 10.3 Å². The molecule has 2 aromatic rings. The van der Waals surface area contributed by atoms with Gasteiger partial charge in [0.1, 0.15) is 10.8 Å². The second-order valence-electron chi connectivity index (χ2n) is 3.98. The summed E-state index contributed by atoms with van der Waals surface area (Å²) in [7, 11) is 0. The van der Waals surface area contributed by atoms with Crippen LogP contribution in [0, 0.1) is 17.0 Å². The zero-order valence-electron chi connectivity index (χ0n) is 10.1. The lowest BCUT2D eigenvalue weighted by Crippen LogP contribution is -2.03. The Morgan fingerprint density at radius 3 is 2.58 bits per heavy atom. The second-order valence-corrected chi connectivity index (χ2v) is 4.37. The number of anilines is 3. The van der Waals surface area contributed by atoms with Crippen LogP contribution in [0.4, 0.5) is 22.9 Å². The number of rotatable bonds is 3. The number of nitrogens with one attached hydrogen (secondary N) is 1. The number of pyridine rings is 1. The lowest BCUT2D eigenvalue weighted by atomic mass is 10.2. The summed E-state index contributed by atoms with van der Waals surface area (Å²) in [5.74, 6) is 0.0267. The van der Waals surface area contributed by atoms with Crippen molar-refractivity contribution >= 4 is 34.5 Å². The van der Waals surface area contributed by atoms with E-state index in [4.69, 9.17) is 17.3 Å². The third-order valence-electron chi connectivity index (χ3n) is 2.49. The molecule has 2 rings (SSSR count). The van der Waals surface area contributed by atoms with Crippen molar-refractivity contribution in [2.24, 2.45) is 0 Å². The molecule has 1 aromatic heterocycles. The number of nitro groups is 1. The molecule has 19 heavy (non-hydrogen) atoms.